The number of likely N-dealkylation sites (tertiary alicyclic amines) is 1. The lowest BCUT2D eigenvalue weighted by atomic mass is 9.93. The van der Waals surface area contributed by atoms with E-state index in [4.69, 9.17) is 4.98 Å². The third-order valence-electron chi connectivity index (χ3n) is 5.42. The smallest absolute Gasteiger partial charge is 0.244 e. The molecule has 0 saturated carbocycles. The van der Waals surface area contributed by atoms with Crippen molar-refractivity contribution < 1.29 is 9.18 Å². The van der Waals surface area contributed by atoms with E-state index in [1.165, 1.54) is 6.07 Å². The first-order valence-electron chi connectivity index (χ1n) is 10.4. The first-order chi connectivity index (χ1) is 15.1. The van der Waals surface area contributed by atoms with Crippen LogP contribution < -0.4 is 10.6 Å². The Balaban J connectivity index is 1.33. The SMILES string of the molecule is CC(Nc1ccccc1F)C(=O)N1CCC(c2cncc(Nc3ccccn3)n2)CC1. The number of piperidine rings is 1. The fourth-order valence-corrected chi connectivity index (χ4v) is 3.75. The molecule has 3 heterocycles. The van der Waals surface area contributed by atoms with Crippen LogP contribution in [0, 0.1) is 5.82 Å². The van der Waals surface area contributed by atoms with Gasteiger partial charge < -0.3 is 15.5 Å². The highest BCUT2D eigenvalue weighted by Gasteiger charge is 2.28. The van der Waals surface area contributed by atoms with Gasteiger partial charge in [-0.3, -0.25) is 9.78 Å². The predicted octanol–water partition coefficient (Wildman–Crippen LogP) is 3.96. The summed E-state index contributed by atoms with van der Waals surface area (Å²) in [4.78, 5) is 27.9. The molecule has 3 aromatic rings. The zero-order valence-electron chi connectivity index (χ0n) is 17.3. The Morgan fingerprint density at radius 3 is 2.61 bits per heavy atom. The van der Waals surface area contributed by atoms with Crippen LogP contribution in [0.25, 0.3) is 0 Å². The predicted molar refractivity (Wildman–Crippen MR) is 118 cm³/mol. The second-order valence-electron chi connectivity index (χ2n) is 7.61. The number of hydrogen-bond donors (Lipinski definition) is 2. The van der Waals surface area contributed by atoms with Crippen molar-refractivity contribution in [1.82, 2.24) is 19.9 Å². The van der Waals surface area contributed by atoms with Crippen LogP contribution in [-0.2, 0) is 4.79 Å². The van der Waals surface area contributed by atoms with Crippen LogP contribution in [-0.4, -0.2) is 44.9 Å². The minimum Gasteiger partial charge on any atom is -0.372 e. The summed E-state index contributed by atoms with van der Waals surface area (Å²) >= 11 is 0. The lowest BCUT2D eigenvalue weighted by Gasteiger charge is -2.33. The number of pyridine rings is 1. The molecule has 7 nitrogen and oxygen atoms in total. The summed E-state index contributed by atoms with van der Waals surface area (Å²) in [6, 6.07) is 11.5. The van der Waals surface area contributed by atoms with Crippen LogP contribution in [0.5, 0.6) is 0 Å². The number of carbonyl (C=O) groups is 1. The lowest BCUT2D eigenvalue weighted by Crippen LogP contribution is -2.45. The number of halogens is 1. The van der Waals surface area contributed by atoms with Gasteiger partial charge in [-0.1, -0.05) is 18.2 Å². The van der Waals surface area contributed by atoms with Gasteiger partial charge in [0.05, 0.1) is 17.6 Å². The van der Waals surface area contributed by atoms with Crippen molar-refractivity contribution in [3.63, 3.8) is 0 Å². The van der Waals surface area contributed by atoms with E-state index in [2.05, 4.69) is 20.6 Å². The zero-order valence-corrected chi connectivity index (χ0v) is 17.3. The molecule has 1 saturated heterocycles. The Morgan fingerprint density at radius 1 is 1.10 bits per heavy atom. The number of aromatic nitrogens is 3. The number of para-hydroxylation sites is 1. The van der Waals surface area contributed by atoms with E-state index in [1.54, 1.807) is 43.7 Å². The van der Waals surface area contributed by atoms with E-state index in [-0.39, 0.29) is 17.6 Å². The van der Waals surface area contributed by atoms with E-state index in [1.807, 2.05) is 23.1 Å². The molecule has 4 rings (SSSR count). The van der Waals surface area contributed by atoms with E-state index in [9.17, 15) is 9.18 Å². The summed E-state index contributed by atoms with van der Waals surface area (Å²) in [6.07, 6.45) is 6.79. The maximum atomic E-state index is 13.9. The van der Waals surface area contributed by atoms with Crippen molar-refractivity contribution >= 4 is 23.2 Å². The minimum absolute atomic E-state index is 0.0293. The Kier molecular flexibility index (Phi) is 6.35. The monoisotopic (exact) mass is 420 g/mol. The van der Waals surface area contributed by atoms with Gasteiger partial charge in [-0.05, 0) is 44.0 Å². The van der Waals surface area contributed by atoms with Crippen molar-refractivity contribution in [1.29, 1.82) is 0 Å². The summed E-state index contributed by atoms with van der Waals surface area (Å²) in [5.41, 5.74) is 1.25. The number of rotatable bonds is 6. The summed E-state index contributed by atoms with van der Waals surface area (Å²) < 4.78 is 13.9. The summed E-state index contributed by atoms with van der Waals surface area (Å²) in [6.45, 7) is 3.03. The molecule has 0 aliphatic carbocycles. The van der Waals surface area contributed by atoms with E-state index in [0.717, 1.165) is 18.5 Å². The van der Waals surface area contributed by atoms with Gasteiger partial charge >= 0.3 is 0 Å². The quantitative estimate of drug-likeness (QED) is 0.628. The summed E-state index contributed by atoms with van der Waals surface area (Å²) in [5.74, 6) is 1.21. The van der Waals surface area contributed by atoms with Crippen molar-refractivity contribution in [2.75, 3.05) is 23.7 Å². The molecule has 1 aromatic carbocycles. The van der Waals surface area contributed by atoms with Crippen LogP contribution in [0.4, 0.5) is 21.7 Å². The number of nitrogens with one attached hydrogen (secondary N) is 2. The minimum atomic E-state index is -0.501. The fourth-order valence-electron chi connectivity index (χ4n) is 3.75. The first kappa shape index (κ1) is 20.7. The van der Waals surface area contributed by atoms with Crippen molar-refractivity contribution in [2.45, 2.75) is 31.7 Å². The van der Waals surface area contributed by atoms with Gasteiger partial charge in [0, 0.05) is 31.4 Å². The second kappa shape index (κ2) is 9.51. The van der Waals surface area contributed by atoms with Crippen molar-refractivity contribution in [3.8, 4) is 0 Å². The molecule has 0 radical (unpaired) electrons. The lowest BCUT2D eigenvalue weighted by molar-refractivity contribution is -0.132. The van der Waals surface area contributed by atoms with E-state index in [0.29, 0.717) is 30.4 Å². The van der Waals surface area contributed by atoms with Gasteiger partial charge in [-0.25, -0.2) is 14.4 Å². The van der Waals surface area contributed by atoms with Crippen LogP contribution in [0.3, 0.4) is 0 Å². The molecule has 1 atom stereocenters. The molecule has 8 heteroatoms. The molecule has 1 aliphatic rings. The van der Waals surface area contributed by atoms with Crippen molar-refractivity contribution in [3.05, 3.63) is 72.6 Å². The largest absolute Gasteiger partial charge is 0.372 e. The van der Waals surface area contributed by atoms with E-state index < -0.39 is 6.04 Å². The molecule has 2 aromatic heterocycles. The van der Waals surface area contributed by atoms with Gasteiger partial charge in [-0.15, -0.1) is 0 Å². The Morgan fingerprint density at radius 2 is 1.87 bits per heavy atom. The number of carbonyl (C=O) groups excluding carboxylic acids is 1. The maximum Gasteiger partial charge on any atom is 0.244 e. The highest BCUT2D eigenvalue weighted by Crippen LogP contribution is 2.28. The zero-order chi connectivity index (χ0) is 21.6. The summed E-state index contributed by atoms with van der Waals surface area (Å²) in [7, 11) is 0. The average molecular weight is 420 g/mol. The molecular weight excluding hydrogens is 395 g/mol. The molecule has 31 heavy (non-hydrogen) atoms. The molecule has 1 unspecified atom stereocenters. The maximum absolute atomic E-state index is 13.9. The number of benzene rings is 1. The molecule has 1 aliphatic heterocycles. The molecular formula is C23H25FN6O. The van der Waals surface area contributed by atoms with Gasteiger partial charge in [-0.2, -0.15) is 0 Å². The molecule has 1 fully saturated rings. The molecule has 1 amide bonds. The number of nitrogens with zero attached hydrogens (tertiary/aromatic N) is 4. The van der Waals surface area contributed by atoms with Gasteiger partial charge in [0.15, 0.2) is 0 Å². The number of anilines is 3. The van der Waals surface area contributed by atoms with Crippen LogP contribution in [0.1, 0.15) is 31.4 Å². The second-order valence-corrected chi connectivity index (χ2v) is 7.61. The molecule has 0 spiro atoms. The molecule has 160 valence electrons. The number of amides is 1. The van der Waals surface area contributed by atoms with Crippen LogP contribution >= 0.6 is 0 Å². The average Bonchev–Trinajstić information content (AvgIpc) is 2.81. The molecule has 0 bridgehead atoms. The van der Waals surface area contributed by atoms with Crippen LogP contribution in [0.2, 0.25) is 0 Å². The summed E-state index contributed by atoms with van der Waals surface area (Å²) in [5, 5.41) is 6.14. The highest BCUT2D eigenvalue weighted by molar-refractivity contribution is 5.84. The topological polar surface area (TPSA) is 83.0 Å². The standard InChI is InChI=1S/C23H25FN6O/c1-16(27-19-7-3-2-6-18(19)24)23(31)30-12-9-17(10-13-30)20-14-25-15-22(28-20)29-21-8-4-5-11-26-21/h2-8,11,14-17,27H,9-10,12-13H2,1H3,(H,26,28,29). The Hall–Kier alpha value is -3.55. The normalized spacial score (nSPS) is 15.4. The first-order valence-corrected chi connectivity index (χ1v) is 10.4. The van der Waals surface area contributed by atoms with Crippen LogP contribution in [0.15, 0.2) is 61.1 Å². The van der Waals surface area contributed by atoms with Gasteiger partial charge in [0.25, 0.3) is 0 Å². The molecule has 2 N–H and O–H groups in total. The van der Waals surface area contributed by atoms with Crippen molar-refractivity contribution in [2.24, 2.45) is 0 Å². The third-order valence-corrected chi connectivity index (χ3v) is 5.42. The third kappa shape index (κ3) is 5.14. The highest BCUT2D eigenvalue weighted by atomic mass is 19.1. The fraction of sp³-hybridized carbons (Fsp3) is 0.304. The van der Waals surface area contributed by atoms with Gasteiger partial charge in [0.1, 0.15) is 23.5 Å². The Labute approximate surface area is 180 Å². The number of hydrogen-bond acceptors (Lipinski definition) is 6. The van der Waals surface area contributed by atoms with Gasteiger partial charge in [0.2, 0.25) is 5.91 Å². The Bertz CT molecular complexity index is 1020. The van der Waals surface area contributed by atoms with E-state index >= 15 is 0 Å².